The summed E-state index contributed by atoms with van der Waals surface area (Å²) in [5, 5.41) is 11.4. The maximum Gasteiger partial charge on any atom is 0.419 e. The van der Waals surface area contributed by atoms with E-state index in [2.05, 4.69) is 31.5 Å². The van der Waals surface area contributed by atoms with Crippen LogP contribution in [0.15, 0.2) is 24.4 Å². The molecule has 0 radical (unpaired) electrons. The Kier molecular flexibility index (Phi) is 3.97. The largest absolute Gasteiger partial charge is 0.419 e. The molecule has 1 aliphatic heterocycles. The molecule has 0 aromatic carbocycles. The molecule has 25 heavy (non-hydrogen) atoms. The second-order valence-electron chi connectivity index (χ2n) is 6.58. The SMILES string of the molecule is FC(F)(F)c1cccnc1NCC1CN(c2cc3c(nn2)CCC3)C1. The van der Waals surface area contributed by atoms with Crippen LogP contribution in [-0.4, -0.2) is 34.8 Å². The molecule has 8 heteroatoms. The van der Waals surface area contributed by atoms with Crippen LogP contribution in [-0.2, 0) is 19.0 Å². The van der Waals surface area contributed by atoms with Crippen molar-refractivity contribution in [2.45, 2.75) is 25.4 Å². The average molecular weight is 349 g/mol. The molecule has 1 fully saturated rings. The van der Waals surface area contributed by atoms with Gasteiger partial charge in [-0.25, -0.2) is 4.98 Å². The third kappa shape index (κ3) is 3.25. The van der Waals surface area contributed by atoms with Gasteiger partial charge in [-0.05, 0) is 43.0 Å². The molecule has 1 saturated heterocycles. The summed E-state index contributed by atoms with van der Waals surface area (Å²) < 4.78 is 38.9. The smallest absolute Gasteiger partial charge is 0.369 e. The van der Waals surface area contributed by atoms with E-state index >= 15 is 0 Å². The molecular formula is C17H18F3N5. The fourth-order valence-corrected chi connectivity index (χ4v) is 3.37. The van der Waals surface area contributed by atoms with Crippen LogP contribution < -0.4 is 10.2 Å². The Morgan fingerprint density at radius 2 is 2.04 bits per heavy atom. The van der Waals surface area contributed by atoms with Crippen molar-refractivity contribution in [3.8, 4) is 0 Å². The number of alkyl halides is 3. The zero-order valence-electron chi connectivity index (χ0n) is 13.6. The van der Waals surface area contributed by atoms with E-state index in [0.29, 0.717) is 6.54 Å². The van der Waals surface area contributed by atoms with Gasteiger partial charge >= 0.3 is 6.18 Å². The van der Waals surface area contributed by atoms with E-state index in [1.807, 2.05) is 0 Å². The fourth-order valence-electron chi connectivity index (χ4n) is 3.37. The minimum atomic E-state index is -4.40. The molecule has 0 spiro atoms. The Labute approximate surface area is 143 Å². The van der Waals surface area contributed by atoms with Gasteiger partial charge in [-0.15, -0.1) is 5.10 Å². The van der Waals surface area contributed by atoms with E-state index in [-0.39, 0.29) is 11.7 Å². The molecule has 4 rings (SSSR count). The van der Waals surface area contributed by atoms with Crippen LogP contribution in [0.5, 0.6) is 0 Å². The van der Waals surface area contributed by atoms with E-state index in [1.165, 1.54) is 17.8 Å². The second-order valence-corrected chi connectivity index (χ2v) is 6.58. The Hall–Kier alpha value is -2.38. The summed E-state index contributed by atoms with van der Waals surface area (Å²) in [4.78, 5) is 5.94. The first-order chi connectivity index (χ1) is 12.0. The van der Waals surface area contributed by atoms with E-state index in [4.69, 9.17) is 0 Å². The highest BCUT2D eigenvalue weighted by Crippen LogP contribution is 2.34. The Balaban J connectivity index is 1.34. The number of nitrogens with zero attached hydrogens (tertiary/aromatic N) is 4. The predicted molar refractivity (Wildman–Crippen MR) is 87.5 cm³/mol. The first-order valence-corrected chi connectivity index (χ1v) is 8.37. The summed E-state index contributed by atoms with van der Waals surface area (Å²) in [5.74, 6) is 1.02. The number of nitrogens with one attached hydrogen (secondary N) is 1. The molecule has 2 aromatic heterocycles. The summed E-state index contributed by atoms with van der Waals surface area (Å²) >= 11 is 0. The summed E-state index contributed by atoms with van der Waals surface area (Å²) in [6.45, 7) is 1.97. The number of anilines is 2. The highest BCUT2D eigenvalue weighted by atomic mass is 19.4. The Bertz CT molecular complexity index is 771. The van der Waals surface area contributed by atoms with Crippen molar-refractivity contribution in [3.63, 3.8) is 0 Å². The normalized spacial score (nSPS) is 17.3. The third-order valence-corrected chi connectivity index (χ3v) is 4.76. The van der Waals surface area contributed by atoms with Crippen molar-refractivity contribution in [2.75, 3.05) is 29.9 Å². The van der Waals surface area contributed by atoms with Crippen molar-refractivity contribution in [3.05, 3.63) is 41.2 Å². The molecule has 0 atom stereocenters. The van der Waals surface area contributed by atoms with E-state index < -0.39 is 11.7 Å². The van der Waals surface area contributed by atoms with Gasteiger partial charge in [-0.1, -0.05) is 0 Å². The maximum atomic E-state index is 13.0. The van der Waals surface area contributed by atoms with Gasteiger partial charge in [0.15, 0.2) is 5.82 Å². The number of fused-ring (bicyclic) bond motifs is 1. The first-order valence-electron chi connectivity index (χ1n) is 8.37. The highest BCUT2D eigenvalue weighted by molar-refractivity contribution is 5.47. The fraction of sp³-hybridized carbons (Fsp3) is 0.471. The molecular weight excluding hydrogens is 331 g/mol. The van der Waals surface area contributed by atoms with E-state index in [0.717, 1.165) is 49.9 Å². The van der Waals surface area contributed by atoms with Crippen molar-refractivity contribution in [1.82, 2.24) is 15.2 Å². The number of pyridine rings is 1. The number of rotatable bonds is 4. The minimum absolute atomic E-state index is 0.106. The molecule has 0 bridgehead atoms. The van der Waals surface area contributed by atoms with Crippen LogP contribution in [0.25, 0.3) is 0 Å². The molecule has 0 saturated carbocycles. The maximum absolute atomic E-state index is 13.0. The van der Waals surface area contributed by atoms with E-state index in [1.54, 1.807) is 0 Å². The molecule has 3 heterocycles. The lowest BCUT2D eigenvalue weighted by atomic mass is 10.00. The molecule has 2 aromatic rings. The van der Waals surface area contributed by atoms with Gasteiger partial charge < -0.3 is 10.2 Å². The monoisotopic (exact) mass is 349 g/mol. The van der Waals surface area contributed by atoms with Crippen LogP contribution in [0.3, 0.4) is 0 Å². The van der Waals surface area contributed by atoms with Crippen LogP contribution in [0.2, 0.25) is 0 Å². The van der Waals surface area contributed by atoms with E-state index in [9.17, 15) is 13.2 Å². The molecule has 1 aliphatic carbocycles. The topological polar surface area (TPSA) is 53.9 Å². The van der Waals surface area contributed by atoms with Crippen molar-refractivity contribution in [1.29, 1.82) is 0 Å². The minimum Gasteiger partial charge on any atom is -0.369 e. The Morgan fingerprint density at radius 1 is 1.20 bits per heavy atom. The lowest BCUT2D eigenvalue weighted by Crippen LogP contribution is -2.50. The van der Waals surface area contributed by atoms with Gasteiger partial charge in [0.2, 0.25) is 0 Å². The summed E-state index contributed by atoms with van der Waals surface area (Å²) in [5.41, 5.74) is 1.64. The summed E-state index contributed by atoms with van der Waals surface area (Å²) in [6.07, 6.45) is 0.149. The number of hydrogen-bond acceptors (Lipinski definition) is 5. The average Bonchev–Trinajstić information content (AvgIpc) is 3.00. The zero-order valence-corrected chi connectivity index (χ0v) is 13.6. The molecule has 5 nitrogen and oxygen atoms in total. The van der Waals surface area contributed by atoms with Crippen molar-refractivity contribution >= 4 is 11.6 Å². The molecule has 0 amide bonds. The molecule has 2 aliphatic rings. The zero-order chi connectivity index (χ0) is 17.4. The van der Waals surface area contributed by atoms with Crippen LogP contribution in [0.4, 0.5) is 24.8 Å². The summed E-state index contributed by atoms with van der Waals surface area (Å²) in [6, 6.07) is 4.44. The van der Waals surface area contributed by atoms with Crippen molar-refractivity contribution in [2.24, 2.45) is 5.92 Å². The van der Waals surface area contributed by atoms with Gasteiger partial charge in [0.1, 0.15) is 5.82 Å². The van der Waals surface area contributed by atoms with Crippen LogP contribution in [0, 0.1) is 5.92 Å². The summed E-state index contributed by atoms with van der Waals surface area (Å²) in [7, 11) is 0. The van der Waals surface area contributed by atoms with Gasteiger partial charge in [0.25, 0.3) is 0 Å². The predicted octanol–water partition coefficient (Wildman–Crippen LogP) is 2.93. The van der Waals surface area contributed by atoms with Gasteiger partial charge in [-0.3, -0.25) is 0 Å². The first kappa shape index (κ1) is 16.1. The highest BCUT2D eigenvalue weighted by Gasteiger charge is 2.35. The van der Waals surface area contributed by atoms with Gasteiger partial charge in [0, 0.05) is 31.7 Å². The number of aryl methyl sites for hydroxylation is 2. The van der Waals surface area contributed by atoms with Gasteiger partial charge in [-0.2, -0.15) is 18.3 Å². The number of aromatic nitrogens is 3. The Morgan fingerprint density at radius 3 is 2.84 bits per heavy atom. The molecule has 0 unspecified atom stereocenters. The van der Waals surface area contributed by atoms with Crippen molar-refractivity contribution < 1.29 is 13.2 Å². The van der Waals surface area contributed by atoms with Crippen LogP contribution in [0.1, 0.15) is 23.2 Å². The number of hydrogen-bond donors (Lipinski definition) is 1. The van der Waals surface area contributed by atoms with Gasteiger partial charge in [0.05, 0.1) is 11.3 Å². The molecule has 1 N–H and O–H groups in total. The number of halogens is 3. The molecule has 132 valence electrons. The quantitative estimate of drug-likeness (QED) is 0.920. The lowest BCUT2D eigenvalue weighted by Gasteiger charge is -2.40. The third-order valence-electron chi connectivity index (χ3n) is 4.76. The standard InChI is InChI=1S/C17H18F3N5/c18-17(19,20)13-4-2-6-21-16(13)22-8-11-9-25(10-11)15-7-12-3-1-5-14(12)23-24-15/h2,4,6-7,11H,1,3,5,8-10H2,(H,21,22). The second kappa shape index (κ2) is 6.16. The lowest BCUT2D eigenvalue weighted by molar-refractivity contribution is -0.137. The van der Waals surface area contributed by atoms with Crippen LogP contribution >= 0.6 is 0 Å².